The van der Waals surface area contributed by atoms with Gasteiger partial charge in [0, 0.05) is 6.20 Å². The van der Waals surface area contributed by atoms with E-state index in [0.717, 1.165) is 18.4 Å². The molecule has 1 aliphatic carbocycles. The Labute approximate surface area is 148 Å². The minimum atomic E-state index is -3.78. The van der Waals surface area contributed by atoms with Crippen molar-refractivity contribution in [3.05, 3.63) is 48.3 Å². The van der Waals surface area contributed by atoms with Crippen LogP contribution in [0.15, 0.2) is 47.6 Å². The summed E-state index contributed by atoms with van der Waals surface area (Å²) in [6, 6.07) is 11.9. The van der Waals surface area contributed by atoms with E-state index in [0.29, 0.717) is 25.3 Å². The summed E-state index contributed by atoms with van der Waals surface area (Å²) in [7, 11) is -3.78. The van der Waals surface area contributed by atoms with E-state index in [-0.39, 0.29) is 4.90 Å². The van der Waals surface area contributed by atoms with Crippen LogP contribution in [0.25, 0.3) is 0 Å². The van der Waals surface area contributed by atoms with Crippen molar-refractivity contribution in [3.63, 3.8) is 0 Å². The molecule has 2 aromatic rings. The summed E-state index contributed by atoms with van der Waals surface area (Å²) in [6.07, 6.45) is 5.81. The lowest BCUT2D eigenvalue weighted by molar-refractivity contribution is 0.270. The van der Waals surface area contributed by atoms with Crippen molar-refractivity contribution in [1.82, 2.24) is 14.5 Å². The topological polar surface area (TPSA) is 87.8 Å². The first kappa shape index (κ1) is 17.6. The summed E-state index contributed by atoms with van der Waals surface area (Å²) in [5, 5.41) is 13.7. The maximum absolute atomic E-state index is 12.7. The highest BCUT2D eigenvalue weighted by Crippen LogP contribution is 2.33. The Kier molecular flexibility index (Phi) is 4.93. The van der Waals surface area contributed by atoms with Crippen LogP contribution in [0.3, 0.4) is 0 Å². The van der Waals surface area contributed by atoms with Gasteiger partial charge in [-0.15, -0.1) is 0 Å². The van der Waals surface area contributed by atoms with E-state index < -0.39 is 15.6 Å². The molecule has 6 nitrogen and oxygen atoms in total. The Hall–Kier alpha value is -2.17. The summed E-state index contributed by atoms with van der Waals surface area (Å²) in [6.45, 7) is 2.55. The van der Waals surface area contributed by atoms with Gasteiger partial charge in [-0.25, -0.2) is 8.42 Å². The van der Waals surface area contributed by atoms with Crippen LogP contribution in [0, 0.1) is 17.2 Å². The van der Waals surface area contributed by atoms with E-state index in [2.05, 4.69) is 22.8 Å². The molecular formula is C18H22N4O2S. The zero-order valence-electron chi connectivity index (χ0n) is 14.2. The van der Waals surface area contributed by atoms with E-state index in [4.69, 9.17) is 0 Å². The van der Waals surface area contributed by atoms with Gasteiger partial charge in [0.25, 0.3) is 0 Å². The number of rotatable bonds is 5. The summed E-state index contributed by atoms with van der Waals surface area (Å²) in [4.78, 5) is 0.0938. The van der Waals surface area contributed by atoms with Crippen molar-refractivity contribution in [2.24, 2.45) is 5.92 Å². The second-order valence-corrected chi connectivity index (χ2v) is 8.54. The van der Waals surface area contributed by atoms with E-state index in [9.17, 15) is 13.7 Å². The number of sulfonamides is 1. The third kappa shape index (κ3) is 4.09. The van der Waals surface area contributed by atoms with Gasteiger partial charge in [0.15, 0.2) is 0 Å². The van der Waals surface area contributed by atoms with E-state index in [1.165, 1.54) is 12.4 Å². The molecule has 1 aromatic heterocycles. The molecule has 25 heavy (non-hydrogen) atoms. The minimum absolute atomic E-state index is 0.0938. The predicted octanol–water partition coefficient (Wildman–Crippen LogP) is 2.68. The molecule has 2 atom stereocenters. The van der Waals surface area contributed by atoms with Crippen LogP contribution in [0.1, 0.15) is 38.2 Å². The van der Waals surface area contributed by atoms with Crippen molar-refractivity contribution in [2.75, 3.05) is 0 Å². The van der Waals surface area contributed by atoms with Crippen molar-refractivity contribution in [2.45, 2.75) is 49.6 Å². The van der Waals surface area contributed by atoms with Crippen molar-refractivity contribution >= 4 is 10.0 Å². The van der Waals surface area contributed by atoms with Gasteiger partial charge in [-0.3, -0.25) is 4.68 Å². The molecular weight excluding hydrogens is 336 g/mol. The second-order valence-electron chi connectivity index (χ2n) is 6.86. The van der Waals surface area contributed by atoms with Gasteiger partial charge in [0.05, 0.1) is 18.8 Å². The van der Waals surface area contributed by atoms with Gasteiger partial charge in [-0.2, -0.15) is 15.1 Å². The molecule has 132 valence electrons. The number of benzene rings is 1. The molecule has 1 aromatic carbocycles. The second kappa shape index (κ2) is 6.98. The Balaban J connectivity index is 1.77. The monoisotopic (exact) mass is 358 g/mol. The quantitative estimate of drug-likeness (QED) is 0.890. The average Bonchev–Trinajstić information content (AvgIpc) is 3.05. The zero-order valence-corrected chi connectivity index (χ0v) is 15.0. The highest BCUT2D eigenvalue weighted by atomic mass is 32.2. The molecule has 0 spiro atoms. The van der Waals surface area contributed by atoms with Gasteiger partial charge in [0.1, 0.15) is 10.4 Å². The molecule has 0 aliphatic heterocycles. The number of hydrogen-bond donors (Lipinski definition) is 1. The Morgan fingerprint density at radius 2 is 2.16 bits per heavy atom. The fourth-order valence-corrected chi connectivity index (χ4v) is 4.73. The number of nitrogens with one attached hydrogen (secondary N) is 1. The van der Waals surface area contributed by atoms with Crippen LogP contribution < -0.4 is 4.72 Å². The number of nitrogens with zero attached hydrogens (tertiary/aromatic N) is 3. The number of nitriles is 1. The predicted molar refractivity (Wildman–Crippen MR) is 94.1 cm³/mol. The first-order valence-electron chi connectivity index (χ1n) is 8.44. The van der Waals surface area contributed by atoms with Gasteiger partial charge in [0.2, 0.25) is 10.0 Å². The van der Waals surface area contributed by atoms with Crippen molar-refractivity contribution in [3.8, 4) is 6.07 Å². The lowest BCUT2D eigenvalue weighted by Crippen LogP contribution is -2.49. The van der Waals surface area contributed by atoms with Crippen LogP contribution in [-0.4, -0.2) is 23.7 Å². The lowest BCUT2D eigenvalue weighted by Gasteiger charge is -2.34. The van der Waals surface area contributed by atoms with Crippen LogP contribution in [0.5, 0.6) is 0 Å². The zero-order chi connectivity index (χ0) is 17.9. The molecule has 1 fully saturated rings. The highest BCUT2D eigenvalue weighted by molar-refractivity contribution is 7.89. The molecule has 0 amide bonds. The first-order valence-corrected chi connectivity index (χ1v) is 9.92. The molecule has 1 N–H and O–H groups in total. The third-order valence-corrected chi connectivity index (χ3v) is 6.14. The van der Waals surface area contributed by atoms with E-state index in [1.54, 1.807) is 4.68 Å². The molecule has 1 heterocycles. The smallest absolute Gasteiger partial charge is 0.245 e. The summed E-state index contributed by atoms with van der Waals surface area (Å²) >= 11 is 0. The average molecular weight is 358 g/mol. The Morgan fingerprint density at radius 1 is 1.40 bits per heavy atom. The molecule has 1 aliphatic rings. The Bertz CT molecular complexity index is 870. The van der Waals surface area contributed by atoms with E-state index in [1.807, 2.05) is 30.3 Å². The van der Waals surface area contributed by atoms with Gasteiger partial charge in [-0.05, 0) is 24.3 Å². The number of aromatic nitrogens is 2. The summed E-state index contributed by atoms with van der Waals surface area (Å²) < 4.78 is 29.7. The third-order valence-electron chi connectivity index (χ3n) is 4.65. The normalized spacial score (nSPS) is 23.9. The van der Waals surface area contributed by atoms with Crippen LogP contribution in [-0.2, 0) is 16.6 Å². The van der Waals surface area contributed by atoms with Crippen LogP contribution >= 0.6 is 0 Å². The van der Waals surface area contributed by atoms with Crippen LogP contribution in [0.2, 0.25) is 0 Å². The SMILES string of the molecule is C[C@H]1CCC[C@](C#N)(NS(=O)(=O)c2cnn(Cc3ccccc3)c2)C1. The largest absolute Gasteiger partial charge is 0.267 e. The van der Waals surface area contributed by atoms with Crippen molar-refractivity contribution in [1.29, 1.82) is 5.26 Å². The molecule has 0 bridgehead atoms. The fraction of sp³-hybridized carbons (Fsp3) is 0.444. The summed E-state index contributed by atoms with van der Waals surface area (Å²) in [5.74, 6) is 0.330. The minimum Gasteiger partial charge on any atom is -0.267 e. The molecule has 0 radical (unpaired) electrons. The molecule has 0 unspecified atom stereocenters. The maximum atomic E-state index is 12.7. The van der Waals surface area contributed by atoms with Gasteiger partial charge < -0.3 is 0 Å². The molecule has 7 heteroatoms. The maximum Gasteiger partial charge on any atom is 0.245 e. The lowest BCUT2D eigenvalue weighted by atomic mass is 9.78. The van der Waals surface area contributed by atoms with Gasteiger partial charge in [-0.1, -0.05) is 50.1 Å². The first-order chi connectivity index (χ1) is 11.9. The summed E-state index contributed by atoms with van der Waals surface area (Å²) in [5.41, 5.74) is 0.0231. The van der Waals surface area contributed by atoms with Gasteiger partial charge >= 0.3 is 0 Å². The van der Waals surface area contributed by atoms with Crippen LogP contribution in [0.4, 0.5) is 0 Å². The standard InChI is InChI=1S/C18H22N4O2S/c1-15-6-5-9-18(10-15,14-19)21-25(23,24)17-11-20-22(13-17)12-16-7-3-2-4-8-16/h2-4,7-8,11,13,15,21H,5-6,9-10,12H2,1H3/t15-,18-/m0/s1. The van der Waals surface area contributed by atoms with Crippen molar-refractivity contribution < 1.29 is 8.42 Å². The number of hydrogen-bond acceptors (Lipinski definition) is 4. The molecule has 0 saturated heterocycles. The highest BCUT2D eigenvalue weighted by Gasteiger charge is 2.39. The molecule has 3 rings (SSSR count). The molecule has 1 saturated carbocycles. The fourth-order valence-electron chi connectivity index (χ4n) is 3.42. The Morgan fingerprint density at radius 3 is 2.84 bits per heavy atom. The van der Waals surface area contributed by atoms with E-state index >= 15 is 0 Å².